The molecule has 1 N–H and O–H groups in total. The molecule has 0 aromatic carbocycles. The molecule has 0 amide bonds. The minimum Gasteiger partial charge on any atom is -0.396 e. The molecule has 0 saturated heterocycles. The van der Waals surface area contributed by atoms with Crippen LogP contribution in [0.1, 0.15) is 110 Å². The molecule has 1 saturated carbocycles. The van der Waals surface area contributed by atoms with Gasteiger partial charge in [-0.25, -0.2) is 0 Å². The van der Waals surface area contributed by atoms with Crippen LogP contribution in [0.5, 0.6) is 0 Å². The van der Waals surface area contributed by atoms with Crippen LogP contribution in [0.25, 0.3) is 0 Å². The fraction of sp³-hybridized carbons (Fsp3) is 1.00. The van der Waals surface area contributed by atoms with E-state index in [1.165, 1.54) is 96.3 Å². The number of hydrogen-bond donors (Lipinski definition) is 1. The first-order chi connectivity index (χ1) is 9.41. The summed E-state index contributed by atoms with van der Waals surface area (Å²) in [6, 6.07) is 0. The second-order valence-electron chi connectivity index (χ2n) is 6.03. The Morgan fingerprint density at radius 3 is 1.16 bits per heavy atom. The summed E-state index contributed by atoms with van der Waals surface area (Å²) in [6.07, 6.45) is 22.3. The molecule has 0 bridgehead atoms. The van der Waals surface area contributed by atoms with Crippen molar-refractivity contribution in [3.63, 3.8) is 0 Å². The number of hydrogen-bond acceptors (Lipinski definition) is 1. The number of aliphatic hydroxyl groups excluding tert-OH is 1. The molecule has 0 aromatic heterocycles. The van der Waals surface area contributed by atoms with Gasteiger partial charge in [0.05, 0.1) is 0 Å². The fourth-order valence-corrected chi connectivity index (χ4v) is 2.66. The summed E-state index contributed by atoms with van der Waals surface area (Å²) in [5.74, 6) is 0. The van der Waals surface area contributed by atoms with Crippen molar-refractivity contribution in [1.29, 1.82) is 0 Å². The Kier molecular flexibility index (Phi) is 17.9. The van der Waals surface area contributed by atoms with Gasteiger partial charge in [-0.3, -0.25) is 0 Å². The summed E-state index contributed by atoms with van der Waals surface area (Å²) in [4.78, 5) is 0. The average Bonchev–Trinajstić information content (AvgIpc) is 2.48. The highest BCUT2D eigenvalue weighted by Crippen LogP contribution is 2.15. The van der Waals surface area contributed by atoms with Crippen LogP contribution in [-0.2, 0) is 0 Å². The van der Waals surface area contributed by atoms with E-state index in [-0.39, 0.29) is 0 Å². The minimum absolute atomic E-state index is 0.372. The summed E-state index contributed by atoms with van der Waals surface area (Å²) >= 11 is 0. The van der Waals surface area contributed by atoms with E-state index in [0.717, 1.165) is 6.42 Å². The van der Waals surface area contributed by atoms with Crippen molar-refractivity contribution in [2.24, 2.45) is 0 Å². The van der Waals surface area contributed by atoms with Gasteiger partial charge in [0.15, 0.2) is 0 Å². The van der Waals surface area contributed by atoms with Crippen LogP contribution < -0.4 is 0 Å². The van der Waals surface area contributed by atoms with Gasteiger partial charge in [-0.2, -0.15) is 0 Å². The quantitative estimate of drug-likeness (QED) is 0.466. The minimum atomic E-state index is 0.372. The topological polar surface area (TPSA) is 20.2 Å². The van der Waals surface area contributed by atoms with Crippen molar-refractivity contribution < 1.29 is 5.11 Å². The lowest BCUT2D eigenvalue weighted by molar-refractivity contribution is 0.282. The SMILES string of the molecule is C1CCCCC1.CCCCCCCCCCCCO. The highest BCUT2D eigenvalue weighted by Gasteiger charge is 1.95. The van der Waals surface area contributed by atoms with Gasteiger partial charge in [0, 0.05) is 6.61 Å². The van der Waals surface area contributed by atoms with Crippen LogP contribution >= 0.6 is 0 Å². The van der Waals surface area contributed by atoms with Crippen LogP contribution in [0.15, 0.2) is 0 Å². The summed E-state index contributed by atoms with van der Waals surface area (Å²) in [5.41, 5.74) is 0. The van der Waals surface area contributed by atoms with Crippen molar-refractivity contribution in [2.45, 2.75) is 110 Å². The standard InChI is InChI=1S/C12H26O.C6H12/c1-2-3-4-5-6-7-8-9-10-11-12-13;1-2-4-6-5-3-1/h13H,2-12H2,1H3;1-6H2. The van der Waals surface area contributed by atoms with Gasteiger partial charge >= 0.3 is 0 Å². The average molecular weight is 271 g/mol. The molecular weight excluding hydrogens is 232 g/mol. The molecule has 0 unspecified atom stereocenters. The van der Waals surface area contributed by atoms with Crippen LogP contribution in [0.4, 0.5) is 0 Å². The van der Waals surface area contributed by atoms with Crippen LogP contribution in [0.3, 0.4) is 0 Å². The second-order valence-corrected chi connectivity index (χ2v) is 6.03. The lowest BCUT2D eigenvalue weighted by Gasteiger charge is -2.05. The van der Waals surface area contributed by atoms with Gasteiger partial charge < -0.3 is 5.11 Å². The molecule has 1 nitrogen and oxygen atoms in total. The van der Waals surface area contributed by atoms with E-state index < -0.39 is 0 Å². The van der Waals surface area contributed by atoms with E-state index in [4.69, 9.17) is 5.11 Å². The Morgan fingerprint density at radius 1 is 0.526 bits per heavy atom. The molecule has 1 fully saturated rings. The highest BCUT2D eigenvalue weighted by atomic mass is 16.2. The molecule has 0 aliphatic heterocycles. The number of aliphatic hydroxyl groups is 1. The highest BCUT2D eigenvalue weighted by molar-refractivity contribution is 4.51. The molecule has 1 aliphatic rings. The lowest BCUT2D eigenvalue weighted by atomic mass is 10.0. The zero-order chi connectivity index (χ0) is 14.0. The third kappa shape index (κ3) is 18.0. The zero-order valence-corrected chi connectivity index (χ0v) is 13.5. The van der Waals surface area contributed by atoms with E-state index in [0.29, 0.717) is 6.61 Å². The molecule has 0 atom stereocenters. The Morgan fingerprint density at radius 2 is 0.842 bits per heavy atom. The fourth-order valence-electron chi connectivity index (χ4n) is 2.66. The van der Waals surface area contributed by atoms with Gasteiger partial charge in [-0.05, 0) is 6.42 Å². The molecule has 19 heavy (non-hydrogen) atoms. The molecule has 0 spiro atoms. The number of rotatable bonds is 10. The van der Waals surface area contributed by atoms with E-state index in [9.17, 15) is 0 Å². The van der Waals surface area contributed by atoms with E-state index in [1.54, 1.807) is 0 Å². The molecule has 1 rings (SSSR count). The van der Waals surface area contributed by atoms with Crippen molar-refractivity contribution in [3.05, 3.63) is 0 Å². The summed E-state index contributed by atoms with van der Waals surface area (Å²) in [6.45, 7) is 2.63. The molecular formula is C18H38O. The summed E-state index contributed by atoms with van der Waals surface area (Å²) in [5, 5.41) is 8.57. The van der Waals surface area contributed by atoms with Crippen LogP contribution in [0, 0.1) is 0 Å². The number of unbranched alkanes of at least 4 members (excludes halogenated alkanes) is 9. The van der Waals surface area contributed by atoms with E-state index in [1.807, 2.05) is 0 Å². The van der Waals surface area contributed by atoms with Gasteiger partial charge in [-0.1, -0.05) is 103 Å². The molecule has 0 aromatic rings. The Balaban J connectivity index is 0.000000443. The largest absolute Gasteiger partial charge is 0.396 e. The maximum atomic E-state index is 8.57. The van der Waals surface area contributed by atoms with Gasteiger partial charge in [0.25, 0.3) is 0 Å². The zero-order valence-electron chi connectivity index (χ0n) is 13.5. The molecule has 0 radical (unpaired) electrons. The molecule has 1 heteroatoms. The monoisotopic (exact) mass is 270 g/mol. The van der Waals surface area contributed by atoms with Crippen molar-refractivity contribution in [3.8, 4) is 0 Å². The van der Waals surface area contributed by atoms with Crippen LogP contribution in [0.2, 0.25) is 0 Å². The van der Waals surface area contributed by atoms with Gasteiger partial charge in [0.2, 0.25) is 0 Å². The predicted molar refractivity (Wildman–Crippen MR) is 86.6 cm³/mol. The first-order valence-electron chi connectivity index (χ1n) is 9.02. The first kappa shape index (κ1) is 19.0. The molecule has 0 heterocycles. The Bertz CT molecular complexity index is 119. The predicted octanol–water partition coefficient (Wildman–Crippen LogP) is 6.24. The summed E-state index contributed by atoms with van der Waals surface area (Å²) < 4.78 is 0. The second kappa shape index (κ2) is 18.0. The maximum Gasteiger partial charge on any atom is 0.0431 e. The Labute approximate surface area is 122 Å². The normalized spacial score (nSPS) is 14.8. The lowest BCUT2D eigenvalue weighted by Crippen LogP contribution is -1.85. The van der Waals surface area contributed by atoms with Crippen molar-refractivity contribution >= 4 is 0 Å². The van der Waals surface area contributed by atoms with Crippen molar-refractivity contribution in [2.75, 3.05) is 6.61 Å². The van der Waals surface area contributed by atoms with Gasteiger partial charge in [0.1, 0.15) is 0 Å². The first-order valence-corrected chi connectivity index (χ1v) is 9.02. The Hall–Kier alpha value is -0.0400. The van der Waals surface area contributed by atoms with E-state index >= 15 is 0 Å². The third-order valence-corrected chi connectivity index (χ3v) is 4.01. The summed E-state index contributed by atoms with van der Waals surface area (Å²) in [7, 11) is 0. The maximum absolute atomic E-state index is 8.57. The van der Waals surface area contributed by atoms with Crippen LogP contribution in [-0.4, -0.2) is 11.7 Å². The van der Waals surface area contributed by atoms with Crippen molar-refractivity contribution in [1.82, 2.24) is 0 Å². The molecule has 1 aliphatic carbocycles. The van der Waals surface area contributed by atoms with E-state index in [2.05, 4.69) is 6.92 Å². The third-order valence-electron chi connectivity index (χ3n) is 4.01. The smallest absolute Gasteiger partial charge is 0.0431 e. The van der Waals surface area contributed by atoms with Gasteiger partial charge in [-0.15, -0.1) is 0 Å². The molecule has 116 valence electrons.